The second-order valence-corrected chi connectivity index (χ2v) is 5.12. The molecule has 0 atom stereocenters. The fraction of sp³-hybridized carbons (Fsp3) is 0.467. The van der Waals surface area contributed by atoms with Crippen molar-refractivity contribution in [3.63, 3.8) is 0 Å². The maximum absolute atomic E-state index is 10.9. The molecule has 108 valence electrons. The molecule has 5 heteroatoms. The Morgan fingerprint density at radius 2 is 2.10 bits per heavy atom. The number of carboxylic acids is 1. The molecule has 1 rings (SSSR count). The number of aromatic carboxylic acids is 1. The molecular formula is C15H19NO4. The molecule has 0 fully saturated rings. The molecule has 0 bridgehead atoms. The van der Waals surface area contributed by atoms with Gasteiger partial charge in [0, 0.05) is 0 Å². The predicted octanol–water partition coefficient (Wildman–Crippen LogP) is 3.10. The highest BCUT2D eigenvalue weighted by Crippen LogP contribution is 2.29. The Labute approximate surface area is 118 Å². The van der Waals surface area contributed by atoms with Crippen molar-refractivity contribution in [1.29, 1.82) is 5.26 Å². The van der Waals surface area contributed by atoms with Crippen molar-refractivity contribution in [1.82, 2.24) is 0 Å². The van der Waals surface area contributed by atoms with Crippen molar-refractivity contribution >= 4 is 5.97 Å². The molecule has 0 aliphatic rings. The summed E-state index contributed by atoms with van der Waals surface area (Å²) in [6.45, 7) is 4.22. The molecule has 0 radical (unpaired) electrons. The number of carbonyl (C=O) groups is 1. The van der Waals surface area contributed by atoms with Gasteiger partial charge in [0.2, 0.25) is 0 Å². The van der Waals surface area contributed by atoms with Crippen LogP contribution in [0.1, 0.15) is 37.0 Å². The number of rotatable bonds is 7. The fourth-order valence-corrected chi connectivity index (χ4v) is 1.67. The van der Waals surface area contributed by atoms with Crippen LogP contribution >= 0.6 is 0 Å². The summed E-state index contributed by atoms with van der Waals surface area (Å²) < 4.78 is 10.7. The molecule has 0 aliphatic carbocycles. The largest absolute Gasteiger partial charge is 0.493 e. The van der Waals surface area contributed by atoms with Crippen LogP contribution in [0, 0.1) is 16.7 Å². The molecule has 0 spiro atoms. The number of ether oxygens (including phenoxy) is 2. The third-order valence-electron chi connectivity index (χ3n) is 2.92. The van der Waals surface area contributed by atoms with Crippen LogP contribution in [0.25, 0.3) is 0 Å². The molecule has 0 saturated heterocycles. The topological polar surface area (TPSA) is 79.6 Å². The number of methoxy groups -OCH3 is 1. The molecule has 5 nitrogen and oxygen atoms in total. The van der Waals surface area contributed by atoms with E-state index >= 15 is 0 Å². The van der Waals surface area contributed by atoms with E-state index in [1.807, 2.05) is 13.8 Å². The van der Waals surface area contributed by atoms with E-state index in [9.17, 15) is 4.79 Å². The van der Waals surface area contributed by atoms with E-state index in [0.29, 0.717) is 18.1 Å². The summed E-state index contributed by atoms with van der Waals surface area (Å²) in [5, 5.41) is 17.8. The fourth-order valence-electron chi connectivity index (χ4n) is 1.67. The molecule has 0 aromatic heterocycles. The summed E-state index contributed by atoms with van der Waals surface area (Å²) in [7, 11) is 1.46. The lowest BCUT2D eigenvalue weighted by atomic mass is 9.90. The van der Waals surface area contributed by atoms with Crippen molar-refractivity contribution in [2.75, 3.05) is 13.7 Å². The zero-order chi connectivity index (χ0) is 15.2. The lowest BCUT2D eigenvalue weighted by Gasteiger charge is -2.15. The van der Waals surface area contributed by atoms with Crippen molar-refractivity contribution < 1.29 is 19.4 Å². The van der Waals surface area contributed by atoms with E-state index in [2.05, 4.69) is 6.07 Å². The lowest BCUT2D eigenvalue weighted by Crippen LogP contribution is -2.10. The first-order chi connectivity index (χ1) is 9.39. The van der Waals surface area contributed by atoms with Crippen LogP contribution in [0.5, 0.6) is 11.5 Å². The highest BCUT2D eigenvalue weighted by atomic mass is 16.5. The molecular weight excluding hydrogens is 258 g/mol. The van der Waals surface area contributed by atoms with Gasteiger partial charge in [-0.25, -0.2) is 4.79 Å². The SMILES string of the molecule is COc1cc(C(=O)O)ccc1OCCCC(C)(C)C#N. The van der Waals surface area contributed by atoms with Crippen LogP contribution in [0.2, 0.25) is 0 Å². The normalized spacial score (nSPS) is 10.7. The maximum atomic E-state index is 10.9. The van der Waals surface area contributed by atoms with E-state index in [-0.39, 0.29) is 11.0 Å². The summed E-state index contributed by atoms with van der Waals surface area (Å²) in [5.74, 6) is -0.109. The molecule has 20 heavy (non-hydrogen) atoms. The van der Waals surface area contributed by atoms with Crippen LogP contribution < -0.4 is 9.47 Å². The van der Waals surface area contributed by atoms with Gasteiger partial charge in [0.25, 0.3) is 0 Å². The quantitative estimate of drug-likeness (QED) is 0.775. The van der Waals surface area contributed by atoms with Gasteiger partial charge >= 0.3 is 5.97 Å². The Hall–Kier alpha value is -2.22. The van der Waals surface area contributed by atoms with E-state index in [0.717, 1.165) is 12.8 Å². The van der Waals surface area contributed by atoms with Crippen LogP contribution in [-0.2, 0) is 0 Å². The van der Waals surface area contributed by atoms with Gasteiger partial charge in [-0.1, -0.05) is 0 Å². The van der Waals surface area contributed by atoms with Crippen LogP contribution in [0.4, 0.5) is 0 Å². The minimum atomic E-state index is -1.01. The number of hydrogen-bond donors (Lipinski definition) is 1. The Morgan fingerprint density at radius 1 is 1.40 bits per heavy atom. The molecule has 0 unspecified atom stereocenters. The molecule has 0 amide bonds. The number of nitriles is 1. The van der Waals surface area contributed by atoms with Crippen molar-refractivity contribution in [3.8, 4) is 17.6 Å². The number of carboxylic acid groups (broad SMARTS) is 1. The minimum absolute atomic E-state index is 0.153. The summed E-state index contributed by atoms with van der Waals surface area (Å²) >= 11 is 0. The molecule has 0 aliphatic heterocycles. The van der Waals surface area contributed by atoms with Crippen LogP contribution in [0.15, 0.2) is 18.2 Å². The average Bonchev–Trinajstić information content (AvgIpc) is 2.43. The predicted molar refractivity (Wildman–Crippen MR) is 74.1 cm³/mol. The Kier molecular flexibility index (Phi) is 5.39. The minimum Gasteiger partial charge on any atom is -0.493 e. The average molecular weight is 277 g/mol. The summed E-state index contributed by atoms with van der Waals surface area (Å²) in [5.41, 5.74) is -0.208. The number of hydrogen-bond acceptors (Lipinski definition) is 4. The highest BCUT2D eigenvalue weighted by molar-refractivity contribution is 5.88. The van der Waals surface area contributed by atoms with Crippen molar-refractivity contribution in [3.05, 3.63) is 23.8 Å². The maximum Gasteiger partial charge on any atom is 0.335 e. The van der Waals surface area contributed by atoms with E-state index in [1.165, 1.54) is 19.2 Å². The second-order valence-electron chi connectivity index (χ2n) is 5.12. The van der Waals surface area contributed by atoms with Gasteiger partial charge in [0.15, 0.2) is 11.5 Å². The van der Waals surface area contributed by atoms with Gasteiger partial charge in [-0.2, -0.15) is 5.26 Å². The zero-order valence-corrected chi connectivity index (χ0v) is 12.0. The van der Waals surface area contributed by atoms with Crippen molar-refractivity contribution in [2.45, 2.75) is 26.7 Å². The summed E-state index contributed by atoms with van der Waals surface area (Å²) in [6, 6.07) is 6.72. The zero-order valence-electron chi connectivity index (χ0n) is 12.0. The van der Waals surface area contributed by atoms with E-state index < -0.39 is 5.97 Å². The third-order valence-corrected chi connectivity index (χ3v) is 2.92. The summed E-state index contributed by atoms with van der Waals surface area (Å²) in [6.07, 6.45) is 1.48. The number of nitrogens with zero attached hydrogens (tertiary/aromatic N) is 1. The van der Waals surface area contributed by atoms with Gasteiger partial charge < -0.3 is 14.6 Å². The first kappa shape index (κ1) is 15.8. The molecule has 0 heterocycles. The second kappa shape index (κ2) is 6.80. The van der Waals surface area contributed by atoms with Gasteiger partial charge in [-0.3, -0.25) is 0 Å². The standard InChI is InChI=1S/C15H19NO4/c1-15(2,10-16)7-4-8-20-12-6-5-11(14(17)18)9-13(12)19-3/h5-6,9H,4,7-8H2,1-3H3,(H,17,18). The van der Waals surface area contributed by atoms with Gasteiger partial charge in [-0.15, -0.1) is 0 Å². The Morgan fingerprint density at radius 3 is 2.65 bits per heavy atom. The van der Waals surface area contributed by atoms with Gasteiger partial charge in [-0.05, 0) is 44.9 Å². The Bertz CT molecular complexity index is 517. The molecule has 1 aromatic carbocycles. The molecule has 1 N–H and O–H groups in total. The Balaban J connectivity index is 2.61. The van der Waals surface area contributed by atoms with Gasteiger partial charge in [0.1, 0.15) is 0 Å². The third kappa shape index (κ3) is 4.47. The summed E-state index contributed by atoms with van der Waals surface area (Å²) in [4.78, 5) is 10.9. The first-order valence-corrected chi connectivity index (χ1v) is 6.35. The lowest BCUT2D eigenvalue weighted by molar-refractivity contribution is 0.0696. The first-order valence-electron chi connectivity index (χ1n) is 6.35. The van der Waals surface area contributed by atoms with Crippen LogP contribution in [-0.4, -0.2) is 24.8 Å². The van der Waals surface area contributed by atoms with E-state index in [1.54, 1.807) is 6.07 Å². The van der Waals surface area contributed by atoms with Gasteiger partial charge in [0.05, 0.1) is 30.8 Å². The van der Waals surface area contributed by atoms with Crippen LogP contribution in [0.3, 0.4) is 0 Å². The molecule has 1 aromatic rings. The smallest absolute Gasteiger partial charge is 0.335 e. The molecule has 0 saturated carbocycles. The van der Waals surface area contributed by atoms with E-state index in [4.69, 9.17) is 19.8 Å². The highest BCUT2D eigenvalue weighted by Gasteiger charge is 2.16. The monoisotopic (exact) mass is 277 g/mol. The van der Waals surface area contributed by atoms with Crippen molar-refractivity contribution in [2.24, 2.45) is 5.41 Å². The number of benzene rings is 1.